The molecule has 2 aromatic rings. The van der Waals surface area contributed by atoms with E-state index in [-0.39, 0.29) is 28.1 Å². The quantitative estimate of drug-likeness (QED) is 0.348. The molecule has 0 spiro atoms. The van der Waals surface area contributed by atoms with Crippen LogP contribution in [0.1, 0.15) is 23.6 Å². The Morgan fingerprint density at radius 1 is 1.03 bits per heavy atom. The van der Waals surface area contributed by atoms with Crippen LogP contribution in [0, 0.1) is 5.82 Å². The van der Waals surface area contributed by atoms with E-state index in [1.165, 1.54) is 61.5 Å². The summed E-state index contributed by atoms with van der Waals surface area (Å²) in [6, 6.07) is 10.0. The minimum Gasteiger partial charge on any atom is -0.507 e. The monoisotopic (exact) mass is 489 g/mol. The standard InChI is InChI=1S/C24H28FN3O5S/c1-26(2)14-7-15-28-21(18-8-5-6-9-19(18)25)20(23(30)24(28)31)22(29)16-10-12-17(13-11-16)34(32,33)27(3)4/h5-6,8-13,21,29H,7,14-15H2,1-4H3/b22-20-. The van der Waals surface area contributed by atoms with Crippen LogP contribution in [0.4, 0.5) is 4.39 Å². The third-order valence-corrected chi connectivity index (χ3v) is 7.48. The summed E-state index contributed by atoms with van der Waals surface area (Å²) in [5, 5.41) is 11.1. The van der Waals surface area contributed by atoms with Gasteiger partial charge in [-0.2, -0.15) is 0 Å². The highest BCUT2D eigenvalue weighted by Crippen LogP contribution is 2.40. The van der Waals surface area contributed by atoms with E-state index in [2.05, 4.69) is 0 Å². The molecular formula is C24H28FN3O5S. The normalized spacial score (nSPS) is 18.3. The Labute approximate surface area is 198 Å². The molecule has 1 unspecified atom stereocenters. The number of benzene rings is 2. The second-order valence-corrected chi connectivity index (χ2v) is 10.6. The molecule has 1 amide bonds. The van der Waals surface area contributed by atoms with Gasteiger partial charge in [0.05, 0.1) is 16.5 Å². The number of hydrogen-bond donors (Lipinski definition) is 1. The van der Waals surface area contributed by atoms with Crippen molar-refractivity contribution in [1.82, 2.24) is 14.1 Å². The van der Waals surface area contributed by atoms with Crippen LogP contribution in [0.25, 0.3) is 5.76 Å². The van der Waals surface area contributed by atoms with Crippen molar-refractivity contribution in [1.29, 1.82) is 0 Å². The number of ketones is 1. The Hall–Kier alpha value is -3.08. The van der Waals surface area contributed by atoms with Crippen molar-refractivity contribution in [2.24, 2.45) is 0 Å². The average Bonchev–Trinajstić information content (AvgIpc) is 3.03. The fourth-order valence-electron chi connectivity index (χ4n) is 3.84. The largest absolute Gasteiger partial charge is 0.507 e. The minimum absolute atomic E-state index is 0.00356. The maximum absolute atomic E-state index is 14.8. The predicted molar refractivity (Wildman–Crippen MR) is 126 cm³/mol. The Balaban J connectivity index is 2.10. The van der Waals surface area contributed by atoms with Crippen molar-refractivity contribution in [2.45, 2.75) is 17.4 Å². The molecule has 10 heteroatoms. The van der Waals surface area contributed by atoms with Gasteiger partial charge in [-0.15, -0.1) is 0 Å². The number of amides is 1. The lowest BCUT2D eigenvalue weighted by Gasteiger charge is -2.26. The lowest BCUT2D eigenvalue weighted by Crippen LogP contribution is -2.32. The number of sulfonamides is 1. The molecule has 1 atom stereocenters. The molecule has 1 heterocycles. The van der Waals surface area contributed by atoms with E-state index in [1.54, 1.807) is 6.07 Å². The van der Waals surface area contributed by atoms with Gasteiger partial charge >= 0.3 is 0 Å². The van der Waals surface area contributed by atoms with Crippen LogP contribution in [-0.4, -0.2) is 80.6 Å². The second kappa shape index (κ2) is 10.0. The van der Waals surface area contributed by atoms with E-state index in [0.717, 1.165) is 4.31 Å². The Morgan fingerprint density at radius 3 is 2.21 bits per heavy atom. The molecular weight excluding hydrogens is 461 g/mol. The topological polar surface area (TPSA) is 98.2 Å². The summed E-state index contributed by atoms with van der Waals surface area (Å²) in [7, 11) is 2.86. The van der Waals surface area contributed by atoms with Crippen molar-refractivity contribution in [2.75, 3.05) is 41.3 Å². The molecule has 0 aromatic heterocycles. The van der Waals surface area contributed by atoms with Crippen LogP contribution in [0.5, 0.6) is 0 Å². The smallest absolute Gasteiger partial charge is 0.295 e. The van der Waals surface area contributed by atoms with E-state index in [9.17, 15) is 27.5 Å². The average molecular weight is 490 g/mol. The Kier molecular flexibility index (Phi) is 7.54. The highest BCUT2D eigenvalue weighted by atomic mass is 32.2. The molecule has 0 bridgehead atoms. The number of rotatable bonds is 8. The number of Topliss-reactive ketones (excluding diaryl/α,β-unsaturated/α-hetero) is 1. The van der Waals surface area contributed by atoms with E-state index in [1.807, 2.05) is 19.0 Å². The lowest BCUT2D eigenvalue weighted by atomic mass is 9.95. The van der Waals surface area contributed by atoms with Crippen LogP contribution < -0.4 is 0 Å². The van der Waals surface area contributed by atoms with Crippen LogP contribution in [0.3, 0.4) is 0 Å². The third-order valence-electron chi connectivity index (χ3n) is 5.65. The van der Waals surface area contributed by atoms with Crippen molar-refractivity contribution >= 4 is 27.5 Å². The summed E-state index contributed by atoms with van der Waals surface area (Å²) in [5.41, 5.74) is 0.00779. The first-order valence-electron chi connectivity index (χ1n) is 10.7. The summed E-state index contributed by atoms with van der Waals surface area (Å²) < 4.78 is 40.5. The summed E-state index contributed by atoms with van der Waals surface area (Å²) in [5.74, 6) is -2.83. The van der Waals surface area contributed by atoms with Crippen molar-refractivity contribution in [3.63, 3.8) is 0 Å². The molecule has 1 fully saturated rings. The zero-order valence-electron chi connectivity index (χ0n) is 19.5. The molecule has 3 rings (SSSR count). The Bertz CT molecular complexity index is 1220. The molecule has 2 aromatic carbocycles. The van der Waals surface area contributed by atoms with Gasteiger partial charge in [0.2, 0.25) is 10.0 Å². The first-order chi connectivity index (χ1) is 16.0. The number of hydrogen-bond acceptors (Lipinski definition) is 6. The highest BCUT2D eigenvalue weighted by Gasteiger charge is 2.46. The van der Waals surface area contributed by atoms with Crippen LogP contribution in [0.2, 0.25) is 0 Å². The fourth-order valence-corrected chi connectivity index (χ4v) is 4.74. The summed E-state index contributed by atoms with van der Waals surface area (Å²) in [6.45, 7) is 0.841. The minimum atomic E-state index is -3.69. The van der Waals surface area contributed by atoms with Crippen LogP contribution in [0.15, 0.2) is 59.0 Å². The SMILES string of the molecule is CN(C)CCCN1C(=O)C(=O)/C(=C(\O)c2ccc(S(=O)(=O)N(C)C)cc2)C1c1ccccc1F. The molecule has 34 heavy (non-hydrogen) atoms. The van der Waals surface area contributed by atoms with Gasteiger partial charge in [0.1, 0.15) is 11.6 Å². The van der Waals surface area contributed by atoms with Gasteiger partial charge in [0.25, 0.3) is 11.7 Å². The Morgan fingerprint density at radius 2 is 1.65 bits per heavy atom. The summed E-state index contributed by atoms with van der Waals surface area (Å²) in [6.07, 6.45) is 0.544. The van der Waals surface area contributed by atoms with Gasteiger partial charge < -0.3 is 14.9 Å². The van der Waals surface area contributed by atoms with E-state index < -0.39 is 39.3 Å². The molecule has 1 saturated heterocycles. The first-order valence-corrected chi connectivity index (χ1v) is 12.1. The fraction of sp³-hybridized carbons (Fsp3) is 0.333. The zero-order chi connectivity index (χ0) is 25.2. The first kappa shape index (κ1) is 25.5. The van der Waals surface area contributed by atoms with E-state index in [0.29, 0.717) is 13.0 Å². The predicted octanol–water partition coefficient (Wildman–Crippen LogP) is 2.45. The highest BCUT2D eigenvalue weighted by molar-refractivity contribution is 7.89. The number of likely N-dealkylation sites (tertiary alicyclic amines) is 1. The number of halogens is 1. The maximum atomic E-state index is 14.8. The van der Waals surface area contributed by atoms with Crippen LogP contribution in [-0.2, 0) is 19.6 Å². The second-order valence-electron chi connectivity index (χ2n) is 8.48. The van der Waals surface area contributed by atoms with Gasteiger partial charge in [-0.3, -0.25) is 9.59 Å². The van der Waals surface area contributed by atoms with Crippen molar-refractivity contribution in [3.8, 4) is 0 Å². The number of carbonyl (C=O) groups is 2. The maximum Gasteiger partial charge on any atom is 0.295 e. The van der Waals surface area contributed by atoms with Crippen LogP contribution >= 0.6 is 0 Å². The molecule has 8 nitrogen and oxygen atoms in total. The number of aliphatic hydroxyl groups excluding tert-OH is 1. The van der Waals surface area contributed by atoms with Gasteiger partial charge in [-0.25, -0.2) is 17.1 Å². The third kappa shape index (κ3) is 4.89. The molecule has 1 N–H and O–H groups in total. The van der Waals surface area contributed by atoms with Gasteiger partial charge in [-0.1, -0.05) is 18.2 Å². The zero-order valence-corrected chi connectivity index (χ0v) is 20.3. The van der Waals surface area contributed by atoms with Crippen molar-refractivity contribution < 1.29 is 27.5 Å². The van der Waals surface area contributed by atoms with Gasteiger partial charge in [0, 0.05) is 31.8 Å². The molecule has 0 aliphatic carbocycles. The number of nitrogens with zero attached hydrogens (tertiary/aromatic N) is 3. The number of aliphatic hydroxyl groups is 1. The van der Waals surface area contributed by atoms with E-state index >= 15 is 0 Å². The summed E-state index contributed by atoms with van der Waals surface area (Å²) in [4.78, 5) is 29.1. The molecule has 1 aliphatic rings. The number of carbonyl (C=O) groups excluding carboxylic acids is 2. The molecule has 182 valence electrons. The molecule has 0 saturated carbocycles. The van der Waals surface area contributed by atoms with Gasteiger partial charge in [-0.05, 0) is 57.4 Å². The summed E-state index contributed by atoms with van der Waals surface area (Å²) >= 11 is 0. The lowest BCUT2D eigenvalue weighted by molar-refractivity contribution is -0.140. The molecule has 0 radical (unpaired) electrons. The van der Waals surface area contributed by atoms with E-state index in [4.69, 9.17) is 0 Å². The molecule has 1 aliphatic heterocycles. The van der Waals surface area contributed by atoms with Crippen molar-refractivity contribution in [3.05, 3.63) is 71.0 Å². The van der Waals surface area contributed by atoms with Gasteiger partial charge in [0.15, 0.2) is 0 Å².